The van der Waals surface area contributed by atoms with E-state index in [9.17, 15) is 0 Å². The fourth-order valence-electron chi connectivity index (χ4n) is 1.63. The Labute approximate surface area is 101 Å². The second-order valence-corrected chi connectivity index (χ2v) is 5.08. The van der Waals surface area contributed by atoms with Gasteiger partial charge < -0.3 is 4.74 Å². The summed E-state index contributed by atoms with van der Waals surface area (Å²) in [6.45, 7) is 2.19. The topological polar surface area (TPSA) is 9.23 Å². The van der Waals surface area contributed by atoms with Crippen LogP contribution in [-0.2, 0) is 6.42 Å². The van der Waals surface area contributed by atoms with Gasteiger partial charge in [0.25, 0.3) is 0 Å². The normalized spacial score (nSPS) is 10.8. The molecule has 0 amide bonds. The van der Waals surface area contributed by atoms with Gasteiger partial charge in [0.15, 0.2) is 0 Å². The molecule has 1 heterocycles. The van der Waals surface area contributed by atoms with Crippen LogP contribution in [0.5, 0.6) is 5.75 Å². The number of ether oxygens (including phenoxy) is 1. The highest BCUT2D eigenvalue weighted by Gasteiger charge is 2.10. The van der Waals surface area contributed by atoms with Gasteiger partial charge in [-0.3, -0.25) is 0 Å². The molecule has 2 aromatic rings. The summed E-state index contributed by atoms with van der Waals surface area (Å²) in [5.41, 5.74) is 1.40. The number of hydrogen-bond donors (Lipinski definition) is 0. The van der Waals surface area contributed by atoms with E-state index in [-0.39, 0.29) is 0 Å². The van der Waals surface area contributed by atoms with Gasteiger partial charge in [-0.2, -0.15) is 0 Å². The average Bonchev–Trinajstić information content (AvgIpc) is 2.64. The van der Waals surface area contributed by atoms with Crippen LogP contribution in [0.2, 0.25) is 0 Å². The highest BCUT2D eigenvalue weighted by atomic mass is 127. The molecule has 1 nitrogen and oxygen atoms in total. The Balaban J connectivity index is 2.80. The number of thiophene rings is 1. The Hall–Kier alpha value is -0.290. The molecular weight excluding hydrogens is 307 g/mol. The summed E-state index contributed by atoms with van der Waals surface area (Å²) in [5.74, 6) is 0.998. The first-order valence-corrected chi connectivity index (χ1v) is 6.46. The third kappa shape index (κ3) is 1.52. The van der Waals surface area contributed by atoms with Crippen LogP contribution in [0.4, 0.5) is 0 Å². The van der Waals surface area contributed by atoms with E-state index in [1.54, 1.807) is 18.4 Å². The summed E-state index contributed by atoms with van der Waals surface area (Å²) >= 11 is 4.14. The maximum Gasteiger partial charge on any atom is 0.133 e. The quantitative estimate of drug-likeness (QED) is 0.758. The van der Waals surface area contributed by atoms with Gasteiger partial charge in [0, 0.05) is 4.70 Å². The molecule has 0 bridgehead atoms. The minimum Gasteiger partial charge on any atom is -0.496 e. The van der Waals surface area contributed by atoms with Gasteiger partial charge >= 0.3 is 0 Å². The summed E-state index contributed by atoms with van der Waals surface area (Å²) in [6, 6.07) is 4.32. The van der Waals surface area contributed by atoms with Gasteiger partial charge in [-0.05, 0) is 57.5 Å². The van der Waals surface area contributed by atoms with Gasteiger partial charge in [0.1, 0.15) is 5.75 Å². The second-order valence-electron chi connectivity index (χ2n) is 3.06. The van der Waals surface area contributed by atoms with Crippen LogP contribution in [-0.4, -0.2) is 7.11 Å². The predicted octanol–water partition coefficient (Wildman–Crippen LogP) is 4.08. The summed E-state index contributed by atoms with van der Waals surface area (Å²) < 4.78 is 7.93. The Morgan fingerprint density at radius 1 is 1.50 bits per heavy atom. The molecule has 14 heavy (non-hydrogen) atoms. The van der Waals surface area contributed by atoms with Crippen LogP contribution < -0.4 is 4.74 Å². The molecule has 0 saturated heterocycles. The van der Waals surface area contributed by atoms with Crippen molar-refractivity contribution in [3.63, 3.8) is 0 Å². The van der Waals surface area contributed by atoms with Gasteiger partial charge in [-0.25, -0.2) is 0 Å². The Morgan fingerprint density at radius 3 is 2.93 bits per heavy atom. The molecular formula is C11H11IOS. The van der Waals surface area contributed by atoms with Crippen molar-refractivity contribution in [2.24, 2.45) is 0 Å². The molecule has 0 spiro atoms. The SMILES string of the molecule is CCc1c(I)c(OC)cc2sccc12. The second kappa shape index (κ2) is 4.06. The molecule has 1 aromatic carbocycles. The molecule has 2 rings (SSSR count). The molecule has 0 unspecified atom stereocenters. The summed E-state index contributed by atoms with van der Waals surface area (Å²) in [7, 11) is 1.73. The lowest BCUT2D eigenvalue weighted by Gasteiger charge is -2.09. The summed E-state index contributed by atoms with van der Waals surface area (Å²) in [5, 5.41) is 3.52. The van der Waals surface area contributed by atoms with E-state index in [2.05, 4.69) is 47.0 Å². The van der Waals surface area contributed by atoms with Crippen LogP contribution in [0.25, 0.3) is 10.1 Å². The fraction of sp³-hybridized carbons (Fsp3) is 0.273. The first kappa shape index (κ1) is 10.2. The summed E-state index contributed by atoms with van der Waals surface area (Å²) in [6.07, 6.45) is 1.06. The van der Waals surface area contributed by atoms with Crippen molar-refractivity contribution in [2.45, 2.75) is 13.3 Å². The number of hydrogen-bond acceptors (Lipinski definition) is 2. The molecule has 0 aliphatic rings. The van der Waals surface area contributed by atoms with Gasteiger partial charge in [-0.15, -0.1) is 11.3 Å². The standard InChI is InChI=1S/C11H11IOS/c1-3-7-8-4-5-14-10(8)6-9(13-2)11(7)12/h4-6H,3H2,1-2H3. The largest absolute Gasteiger partial charge is 0.496 e. The minimum atomic E-state index is 0.998. The minimum absolute atomic E-state index is 0.998. The number of halogens is 1. The van der Waals surface area contributed by atoms with Crippen molar-refractivity contribution in [3.8, 4) is 5.75 Å². The van der Waals surface area contributed by atoms with Gasteiger partial charge in [0.05, 0.1) is 10.7 Å². The number of benzene rings is 1. The third-order valence-electron chi connectivity index (χ3n) is 2.34. The maximum absolute atomic E-state index is 5.36. The van der Waals surface area contributed by atoms with E-state index >= 15 is 0 Å². The van der Waals surface area contributed by atoms with Crippen LogP contribution in [0, 0.1) is 3.57 Å². The average molecular weight is 318 g/mol. The fourth-order valence-corrected chi connectivity index (χ4v) is 3.52. The van der Waals surface area contributed by atoms with Crippen molar-refractivity contribution < 1.29 is 4.74 Å². The molecule has 0 N–H and O–H groups in total. The lowest BCUT2D eigenvalue weighted by Crippen LogP contribution is -1.92. The molecule has 0 radical (unpaired) electrons. The van der Waals surface area contributed by atoms with Crippen LogP contribution in [0.3, 0.4) is 0 Å². The van der Waals surface area contributed by atoms with E-state index in [1.165, 1.54) is 19.2 Å². The molecule has 1 aromatic heterocycles. The lowest BCUT2D eigenvalue weighted by atomic mass is 10.1. The molecule has 74 valence electrons. The monoisotopic (exact) mass is 318 g/mol. The number of rotatable bonds is 2. The number of fused-ring (bicyclic) bond motifs is 1. The Bertz CT molecular complexity index is 462. The zero-order valence-corrected chi connectivity index (χ0v) is 11.1. The van der Waals surface area contributed by atoms with Crippen LogP contribution in [0.15, 0.2) is 17.5 Å². The Kier molecular flexibility index (Phi) is 2.97. The van der Waals surface area contributed by atoms with Gasteiger partial charge in [-0.1, -0.05) is 6.92 Å². The number of methoxy groups -OCH3 is 1. The molecule has 3 heteroatoms. The third-order valence-corrected chi connectivity index (χ3v) is 4.38. The van der Waals surface area contributed by atoms with Gasteiger partial charge in [0.2, 0.25) is 0 Å². The van der Waals surface area contributed by atoms with E-state index in [0.717, 1.165) is 12.2 Å². The Morgan fingerprint density at radius 2 is 2.29 bits per heavy atom. The highest BCUT2D eigenvalue weighted by Crippen LogP contribution is 2.35. The molecule has 0 saturated carbocycles. The summed E-state index contributed by atoms with van der Waals surface area (Å²) in [4.78, 5) is 0. The zero-order valence-electron chi connectivity index (χ0n) is 8.13. The van der Waals surface area contributed by atoms with Crippen molar-refractivity contribution in [1.82, 2.24) is 0 Å². The molecule has 0 aliphatic carbocycles. The highest BCUT2D eigenvalue weighted by molar-refractivity contribution is 14.1. The van der Waals surface area contributed by atoms with E-state index < -0.39 is 0 Å². The van der Waals surface area contributed by atoms with Crippen molar-refractivity contribution in [2.75, 3.05) is 7.11 Å². The van der Waals surface area contributed by atoms with E-state index in [1.807, 2.05) is 0 Å². The first-order chi connectivity index (χ1) is 6.77. The van der Waals surface area contributed by atoms with E-state index in [4.69, 9.17) is 4.74 Å². The van der Waals surface area contributed by atoms with E-state index in [0.29, 0.717) is 0 Å². The zero-order chi connectivity index (χ0) is 10.1. The van der Waals surface area contributed by atoms with Crippen LogP contribution in [0.1, 0.15) is 12.5 Å². The smallest absolute Gasteiger partial charge is 0.133 e. The predicted molar refractivity (Wildman–Crippen MR) is 70.5 cm³/mol. The number of aryl methyl sites for hydroxylation is 1. The van der Waals surface area contributed by atoms with Crippen molar-refractivity contribution >= 4 is 44.0 Å². The van der Waals surface area contributed by atoms with Crippen molar-refractivity contribution in [1.29, 1.82) is 0 Å². The maximum atomic E-state index is 5.36. The molecule has 0 fully saturated rings. The van der Waals surface area contributed by atoms with Crippen molar-refractivity contribution in [3.05, 3.63) is 26.6 Å². The molecule has 0 aliphatic heterocycles. The molecule has 0 atom stereocenters. The first-order valence-electron chi connectivity index (χ1n) is 4.50. The van der Waals surface area contributed by atoms with Crippen LogP contribution >= 0.6 is 33.9 Å². The lowest BCUT2D eigenvalue weighted by molar-refractivity contribution is 0.412.